The number of anilines is 1. The van der Waals surface area contributed by atoms with Gasteiger partial charge in [-0.05, 0) is 49.9 Å². The van der Waals surface area contributed by atoms with Crippen LogP contribution in [0.1, 0.15) is 56.9 Å². The highest BCUT2D eigenvalue weighted by Gasteiger charge is 2.54. The third-order valence-electron chi connectivity index (χ3n) is 6.43. The van der Waals surface area contributed by atoms with E-state index >= 15 is 0 Å². The van der Waals surface area contributed by atoms with Gasteiger partial charge in [0.2, 0.25) is 17.7 Å². The molecule has 1 fully saturated rings. The number of carboxylic acids is 1. The first-order chi connectivity index (χ1) is 16.8. The van der Waals surface area contributed by atoms with Gasteiger partial charge >= 0.3 is 12.6 Å². The zero-order valence-corrected chi connectivity index (χ0v) is 21.0. The molecule has 0 spiro atoms. The van der Waals surface area contributed by atoms with E-state index in [9.17, 15) is 28.3 Å². The lowest BCUT2D eigenvalue weighted by atomic mass is 9.69. The molecule has 2 aromatic rings. The number of carbonyl (C=O) groups is 3. The van der Waals surface area contributed by atoms with Crippen LogP contribution >= 0.6 is 0 Å². The molecule has 2 N–H and O–H groups in total. The number of pyridine rings is 1. The van der Waals surface area contributed by atoms with Crippen molar-refractivity contribution >= 4 is 23.5 Å². The summed E-state index contributed by atoms with van der Waals surface area (Å²) in [5.41, 5.74) is -0.374. The molecule has 1 aromatic carbocycles. The number of nitrogens with one attached hydrogen (secondary N) is 1. The number of carbonyl (C=O) groups excluding carboxylic acids is 2. The second-order valence-corrected chi connectivity index (χ2v) is 10.1. The van der Waals surface area contributed by atoms with Crippen molar-refractivity contribution in [2.45, 2.75) is 59.0 Å². The normalized spacial score (nSPS) is 15.0. The number of halogens is 2. The van der Waals surface area contributed by atoms with E-state index in [1.54, 1.807) is 19.1 Å². The fourth-order valence-corrected chi connectivity index (χ4v) is 4.26. The molecule has 0 saturated carbocycles. The Morgan fingerprint density at radius 2 is 1.81 bits per heavy atom. The molecule has 36 heavy (non-hydrogen) atoms. The number of aliphatic carboxylic acids is 1. The van der Waals surface area contributed by atoms with E-state index in [2.05, 4.69) is 15.0 Å². The van der Waals surface area contributed by atoms with Crippen LogP contribution in [-0.2, 0) is 19.8 Å². The number of alkyl halides is 2. The molecule has 0 aliphatic carbocycles. The van der Waals surface area contributed by atoms with Crippen LogP contribution in [0.2, 0.25) is 0 Å². The van der Waals surface area contributed by atoms with Crippen LogP contribution in [0.3, 0.4) is 0 Å². The van der Waals surface area contributed by atoms with Gasteiger partial charge in [0.1, 0.15) is 11.1 Å². The van der Waals surface area contributed by atoms with Crippen molar-refractivity contribution < 1.29 is 33.0 Å². The minimum atomic E-state index is -3.13. The number of likely N-dealkylation sites (tertiary alicyclic amines) is 1. The maximum atomic E-state index is 13.8. The van der Waals surface area contributed by atoms with E-state index in [1.807, 2.05) is 32.0 Å². The number of hydrogen-bond donors (Lipinski definition) is 2. The maximum absolute atomic E-state index is 13.8. The highest BCUT2D eigenvalue weighted by Crippen LogP contribution is 2.41. The molecule has 1 aliphatic rings. The van der Waals surface area contributed by atoms with Crippen LogP contribution in [-0.4, -0.2) is 52.5 Å². The van der Waals surface area contributed by atoms with Gasteiger partial charge < -0.3 is 20.1 Å². The molecule has 10 heteroatoms. The molecule has 0 unspecified atom stereocenters. The van der Waals surface area contributed by atoms with Gasteiger partial charge in [-0.15, -0.1) is 0 Å². The van der Waals surface area contributed by atoms with E-state index in [-0.39, 0.29) is 37.0 Å². The van der Waals surface area contributed by atoms with Crippen LogP contribution in [0.5, 0.6) is 5.88 Å². The Labute approximate surface area is 208 Å². The predicted molar refractivity (Wildman–Crippen MR) is 129 cm³/mol. The van der Waals surface area contributed by atoms with E-state index in [0.717, 1.165) is 11.1 Å². The molecule has 0 bridgehead atoms. The summed E-state index contributed by atoms with van der Waals surface area (Å²) in [4.78, 5) is 43.6. The zero-order valence-electron chi connectivity index (χ0n) is 21.0. The Bertz CT molecular complexity index is 1160. The van der Waals surface area contributed by atoms with Crippen molar-refractivity contribution in [1.82, 2.24) is 9.88 Å². The van der Waals surface area contributed by atoms with Crippen molar-refractivity contribution in [3.05, 3.63) is 53.2 Å². The number of carboxylic acid groups (broad SMARTS) is 1. The van der Waals surface area contributed by atoms with E-state index in [0.29, 0.717) is 5.69 Å². The van der Waals surface area contributed by atoms with Gasteiger partial charge in [-0.25, -0.2) is 4.98 Å². The highest BCUT2D eigenvalue weighted by atomic mass is 19.3. The number of nitrogens with zero attached hydrogens (tertiary/aromatic N) is 2. The summed E-state index contributed by atoms with van der Waals surface area (Å²) in [7, 11) is 0. The van der Waals surface area contributed by atoms with Gasteiger partial charge in [-0.3, -0.25) is 14.4 Å². The van der Waals surface area contributed by atoms with Gasteiger partial charge in [0.05, 0.1) is 5.41 Å². The molecule has 194 valence electrons. The third-order valence-corrected chi connectivity index (χ3v) is 6.43. The second-order valence-electron chi connectivity index (χ2n) is 10.1. The lowest BCUT2D eigenvalue weighted by Crippen LogP contribution is -2.67. The van der Waals surface area contributed by atoms with Crippen molar-refractivity contribution in [2.75, 3.05) is 18.4 Å². The number of amides is 2. The molecule has 1 aromatic heterocycles. The lowest BCUT2D eigenvalue weighted by molar-refractivity contribution is -0.155. The highest BCUT2D eigenvalue weighted by molar-refractivity contribution is 6.03. The summed E-state index contributed by atoms with van der Waals surface area (Å²) in [6.07, 6.45) is -0.222. The van der Waals surface area contributed by atoms with Crippen molar-refractivity contribution in [2.24, 2.45) is 5.41 Å². The summed E-state index contributed by atoms with van der Waals surface area (Å²) >= 11 is 0. The van der Waals surface area contributed by atoms with Crippen LogP contribution in [0.25, 0.3) is 0 Å². The Hall–Kier alpha value is -3.56. The van der Waals surface area contributed by atoms with Crippen LogP contribution in [0.4, 0.5) is 14.5 Å². The lowest BCUT2D eigenvalue weighted by Gasteiger charge is -2.50. The Morgan fingerprint density at radius 3 is 2.39 bits per heavy atom. The average molecular weight is 504 g/mol. The van der Waals surface area contributed by atoms with E-state index in [1.165, 1.54) is 24.8 Å². The summed E-state index contributed by atoms with van der Waals surface area (Å²) in [6, 6.07) is 10.4. The molecule has 0 atom stereocenters. The van der Waals surface area contributed by atoms with Crippen molar-refractivity contribution in [3.8, 4) is 5.88 Å². The topological polar surface area (TPSA) is 109 Å². The van der Waals surface area contributed by atoms with Gasteiger partial charge in [0.25, 0.3) is 0 Å². The Balaban J connectivity index is 1.96. The van der Waals surface area contributed by atoms with Crippen LogP contribution < -0.4 is 10.1 Å². The van der Waals surface area contributed by atoms with Crippen LogP contribution in [0.15, 0.2) is 36.4 Å². The summed E-state index contributed by atoms with van der Waals surface area (Å²) in [5.74, 6) is -2.31. The predicted octanol–water partition coefficient (Wildman–Crippen LogP) is 4.33. The SMILES string of the molecule is Cc1ccc(NC(=O)C2(c3ccccc3C(C)C)CN(C(=O)CC(C)(C)C(=O)O)C2)c(OC(F)F)n1. The Morgan fingerprint density at radius 1 is 1.17 bits per heavy atom. The van der Waals surface area contributed by atoms with Gasteiger partial charge in [0.15, 0.2) is 0 Å². The molecule has 2 heterocycles. The maximum Gasteiger partial charge on any atom is 0.388 e. The Kier molecular flexibility index (Phi) is 7.66. The fourth-order valence-electron chi connectivity index (χ4n) is 4.26. The smallest absolute Gasteiger partial charge is 0.388 e. The zero-order chi connectivity index (χ0) is 26.8. The largest absolute Gasteiger partial charge is 0.481 e. The number of benzene rings is 1. The minimum Gasteiger partial charge on any atom is -0.481 e. The molecular weight excluding hydrogens is 472 g/mol. The van der Waals surface area contributed by atoms with Gasteiger partial charge in [-0.1, -0.05) is 38.1 Å². The number of rotatable bonds is 9. The monoisotopic (exact) mass is 503 g/mol. The average Bonchev–Trinajstić information content (AvgIpc) is 2.74. The number of hydrogen-bond acceptors (Lipinski definition) is 5. The third kappa shape index (κ3) is 5.47. The van der Waals surface area contributed by atoms with Crippen molar-refractivity contribution in [1.29, 1.82) is 0 Å². The van der Waals surface area contributed by atoms with E-state index in [4.69, 9.17) is 0 Å². The minimum absolute atomic E-state index is 0.0101. The molecule has 1 saturated heterocycles. The second kappa shape index (κ2) is 10.2. The first-order valence-corrected chi connectivity index (χ1v) is 11.6. The number of aromatic nitrogens is 1. The molecular formula is C26H31F2N3O5. The summed E-state index contributed by atoms with van der Waals surface area (Å²) in [6.45, 7) is 5.42. The standard InChI is InChI=1S/C26H31F2N3O5/c1-15(2)17-8-6-7-9-18(17)26(13-31(14-26)20(32)12-25(4,5)23(34)35)22(33)30-19-11-10-16(3)29-21(19)36-24(27)28/h6-11,15,24H,12-14H2,1-5H3,(H,30,33)(H,34,35). The first kappa shape index (κ1) is 27.0. The van der Waals surface area contributed by atoms with Crippen molar-refractivity contribution in [3.63, 3.8) is 0 Å². The molecule has 0 radical (unpaired) electrons. The molecule has 3 rings (SSSR count). The van der Waals surface area contributed by atoms with Crippen LogP contribution in [0, 0.1) is 12.3 Å². The summed E-state index contributed by atoms with van der Waals surface area (Å²) in [5, 5.41) is 12.1. The fraction of sp³-hybridized carbons (Fsp3) is 0.462. The quantitative estimate of drug-likeness (QED) is 0.527. The summed E-state index contributed by atoms with van der Waals surface area (Å²) < 4.78 is 30.4. The van der Waals surface area contributed by atoms with Gasteiger partial charge in [-0.2, -0.15) is 8.78 Å². The number of aryl methyl sites for hydroxylation is 1. The number of ether oxygens (including phenoxy) is 1. The molecule has 2 amide bonds. The first-order valence-electron chi connectivity index (χ1n) is 11.6. The molecule has 8 nitrogen and oxygen atoms in total. The van der Waals surface area contributed by atoms with E-state index < -0.39 is 35.2 Å². The van der Waals surface area contributed by atoms with Gasteiger partial charge in [0, 0.05) is 25.2 Å². The molecule has 1 aliphatic heterocycles.